The summed E-state index contributed by atoms with van der Waals surface area (Å²) in [7, 11) is 0. The van der Waals surface area contributed by atoms with E-state index >= 15 is 0 Å². The van der Waals surface area contributed by atoms with Gasteiger partial charge in [0.25, 0.3) is 0 Å². The van der Waals surface area contributed by atoms with E-state index < -0.39 is 6.67 Å². The number of halogens is 1. The highest BCUT2D eigenvalue weighted by atomic mass is 19.1. The molecular formula is C10H20FNO. The Kier molecular flexibility index (Phi) is 6.55. The van der Waals surface area contributed by atoms with Crippen LogP contribution in [0, 0.1) is 5.92 Å². The van der Waals surface area contributed by atoms with Crippen molar-refractivity contribution in [1.82, 2.24) is 5.32 Å². The summed E-state index contributed by atoms with van der Waals surface area (Å²) >= 11 is 0. The minimum absolute atomic E-state index is 0.147. The van der Waals surface area contributed by atoms with Crippen LogP contribution in [0.25, 0.3) is 0 Å². The van der Waals surface area contributed by atoms with Gasteiger partial charge in [0.1, 0.15) is 6.67 Å². The first-order valence-corrected chi connectivity index (χ1v) is 4.94. The van der Waals surface area contributed by atoms with E-state index in [0.29, 0.717) is 0 Å². The normalized spacial score (nSPS) is 15.1. The predicted octanol–water partition coefficient (Wildman–Crippen LogP) is 2.29. The number of unbranched alkanes of at least 4 members (excludes halogenated alkanes) is 1. The monoisotopic (exact) mass is 189 g/mol. The Morgan fingerprint density at radius 3 is 2.54 bits per heavy atom. The summed E-state index contributed by atoms with van der Waals surface area (Å²) in [5.74, 6) is 0.0832. The van der Waals surface area contributed by atoms with Crippen molar-refractivity contribution in [3.63, 3.8) is 0 Å². The van der Waals surface area contributed by atoms with E-state index in [2.05, 4.69) is 12.2 Å². The molecule has 2 atom stereocenters. The number of hydrogen-bond donors (Lipinski definition) is 1. The lowest BCUT2D eigenvalue weighted by molar-refractivity contribution is -0.120. The van der Waals surface area contributed by atoms with Gasteiger partial charge >= 0.3 is 0 Å². The number of carbonyl (C=O) groups is 1. The second kappa shape index (κ2) is 6.87. The van der Waals surface area contributed by atoms with Gasteiger partial charge in [-0.1, -0.05) is 26.7 Å². The van der Waals surface area contributed by atoms with Crippen LogP contribution in [-0.4, -0.2) is 18.6 Å². The van der Waals surface area contributed by atoms with Gasteiger partial charge in [-0.25, -0.2) is 4.39 Å². The molecule has 0 rings (SSSR count). The molecule has 0 spiro atoms. The molecule has 0 aliphatic rings. The fraction of sp³-hybridized carbons (Fsp3) is 0.900. The maximum atomic E-state index is 12.5. The first-order chi connectivity index (χ1) is 6.11. The van der Waals surface area contributed by atoms with E-state index in [-0.39, 0.29) is 17.9 Å². The molecule has 0 aromatic carbocycles. The molecule has 1 amide bonds. The number of nitrogens with one attached hydrogen (secondary N) is 1. The number of alkyl halides is 1. The topological polar surface area (TPSA) is 29.1 Å². The molecule has 13 heavy (non-hydrogen) atoms. The molecule has 0 aromatic heterocycles. The SMILES string of the molecule is CCCCC(C)[C@@H](CF)NC(C)=O. The van der Waals surface area contributed by atoms with Crippen LogP contribution in [0.3, 0.4) is 0 Å². The van der Waals surface area contributed by atoms with Gasteiger partial charge in [-0.3, -0.25) is 4.79 Å². The average Bonchev–Trinajstić information content (AvgIpc) is 2.09. The molecule has 0 aliphatic heterocycles. The summed E-state index contributed by atoms with van der Waals surface area (Å²) in [6, 6.07) is -0.302. The summed E-state index contributed by atoms with van der Waals surface area (Å²) in [6.07, 6.45) is 3.19. The van der Waals surface area contributed by atoms with Crippen molar-refractivity contribution in [3.8, 4) is 0 Å². The molecule has 0 bridgehead atoms. The second-order valence-electron chi connectivity index (χ2n) is 3.58. The third-order valence-electron chi connectivity index (χ3n) is 2.25. The summed E-state index contributed by atoms with van der Waals surface area (Å²) in [5, 5.41) is 2.62. The fourth-order valence-corrected chi connectivity index (χ4v) is 1.32. The highest BCUT2D eigenvalue weighted by molar-refractivity contribution is 5.73. The van der Waals surface area contributed by atoms with Crippen LogP contribution in [0.15, 0.2) is 0 Å². The van der Waals surface area contributed by atoms with Crippen LogP contribution in [-0.2, 0) is 4.79 Å². The van der Waals surface area contributed by atoms with Crippen molar-refractivity contribution in [2.24, 2.45) is 5.92 Å². The smallest absolute Gasteiger partial charge is 0.217 e. The quantitative estimate of drug-likeness (QED) is 0.682. The third kappa shape index (κ3) is 5.61. The Morgan fingerprint density at radius 2 is 2.15 bits per heavy atom. The maximum absolute atomic E-state index is 12.5. The van der Waals surface area contributed by atoms with Gasteiger partial charge in [0, 0.05) is 6.92 Å². The van der Waals surface area contributed by atoms with E-state index in [0.717, 1.165) is 19.3 Å². The lowest BCUT2D eigenvalue weighted by Gasteiger charge is -2.21. The third-order valence-corrected chi connectivity index (χ3v) is 2.25. The summed E-state index contributed by atoms with van der Waals surface area (Å²) in [6.45, 7) is 5.05. The zero-order valence-corrected chi connectivity index (χ0v) is 8.77. The Morgan fingerprint density at radius 1 is 1.54 bits per heavy atom. The van der Waals surface area contributed by atoms with Crippen molar-refractivity contribution in [3.05, 3.63) is 0 Å². The highest BCUT2D eigenvalue weighted by Gasteiger charge is 2.16. The molecule has 1 N–H and O–H groups in total. The second-order valence-corrected chi connectivity index (χ2v) is 3.58. The largest absolute Gasteiger partial charge is 0.351 e. The van der Waals surface area contributed by atoms with Crippen LogP contribution in [0.5, 0.6) is 0 Å². The first kappa shape index (κ1) is 12.4. The number of rotatable bonds is 6. The highest BCUT2D eigenvalue weighted by Crippen LogP contribution is 2.12. The summed E-state index contributed by atoms with van der Waals surface area (Å²) < 4.78 is 12.5. The lowest BCUT2D eigenvalue weighted by atomic mass is 9.96. The summed E-state index contributed by atoms with van der Waals surface area (Å²) in [4.78, 5) is 10.7. The molecule has 1 unspecified atom stereocenters. The van der Waals surface area contributed by atoms with E-state index in [9.17, 15) is 9.18 Å². The number of hydrogen-bond acceptors (Lipinski definition) is 1. The van der Waals surface area contributed by atoms with Crippen LogP contribution in [0.4, 0.5) is 4.39 Å². The van der Waals surface area contributed by atoms with Crippen LogP contribution >= 0.6 is 0 Å². The van der Waals surface area contributed by atoms with Crippen molar-refractivity contribution in [2.75, 3.05) is 6.67 Å². The zero-order valence-electron chi connectivity index (χ0n) is 8.77. The van der Waals surface area contributed by atoms with Crippen molar-refractivity contribution in [2.45, 2.75) is 46.1 Å². The van der Waals surface area contributed by atoms with Gasteiger partial charge in [0.15, 0.2) is 0 Å². The van der Waals surface area contributed by atoms with Gasteiger partial charge in [0.05, 0.1) is 6.04 Å². The molecule has 0 aromatic rings. The molecule has 78 valence electrons. The lowest BCUT2D eigenvalue weighted by Crippen LogP contribution is -2.39. The fourth-order valence-electron chi connectivity index (χ4n) is 1.32. The molecule has 2 nitrogen and oxygen atoms in total. The minimum Gasteiger partial charge on any atom is -0.351 e. The van der Waals surface area contributed by atoms with E-state index in [1.54, 1.807) is 0 Å². The summed E-state index contributed by atoms with van der Waals surface area (Å²) in [5.41, 5.74) is 0. The molecule has 0 radical (unpaired) electrons. The minimum atomic E-state index is -0.468. The maximum Gasteiger partial charge on any atom is 0.217 e. The Labute approximate surface area is 79.9 Å². The number of amides is 1. The van der Waals surface area contributed by atoms with E-state index in [4.69, 9.17) is 0 Å². The van der Waals surface area contributed by atoms with Crippen molar-refractivity contribution < 1.29 is 9.18 Å². The van der Waals surface area contributed by atoms with Gasteiger partial charge in [-0.15, -0.1) is 0 Å². The molecule has 0 aliphatic carbocycles. The molecule has 0 saturated heterocycles. The van der Waals surface area contributed by atoms with Crippen LogP contribution < -0.4 is 5.32 Å². The number of carbonyl (C=O) groups excluding carboxylic acids is 1. The zero-order chi connectivity index (χ0) is 10.3. The van der Waals surface area contributed by atoms with Gasteiger partial charge in [-0.2, -0.15) is 0 Å². The van der Waals surface area contributed by atoms with Gasteiger partial charge in [-0.05, 0) is 12.3 Å². The van der Waals surface area contributed by atoms with Crippen molar-refractivity contribution >= 4 is 5.91 Å². The molecule has 3 heteroatoms. The standard InChI is InChI=1S/C10H20FNO/c1-4-5-6-8(2)10(7-11)12-9(3)13/h8,10H,4-7H2,1-3H3,(H,12,13)/t8?,10-/m1/s1. The van der Waals surface area contributed by atoms with Crippen molar-refractivity contribution in [1.29, 1.82) is 0 Å². The van der Waals surface area contributed by atoms with Crippen LogP contribution in [0.2, 0.25) is 0 Å². The average molecular weight is 189 g/mol. The first-order valence-electron chi connectivity index (χ1n) is 4.94. The molecule has 0 saturated carbocycles. The Hall–Kier alpha value is -0.600. The molecular weight excluding hydrogens is 169 g/mol. The Bertz CT molecular complexity index is 150. The van der Waals surface area contributed by atoms with Crippen LogP contribution in [0.1, 0.15) is 40.0 Å². The van der Waals surface area contributed by atoms with E-state index in [1.807, 2.05) is 6.92 Å². The predicted molar refractivity (Wildman–Crippen MR) is 52.3 cm³/mol. The van der Waals surface area contributed by atoms with Gasteiger partial charge in [0.2, 0.25) is 5.91 Å². The van der Waals surface area contributed by atoms with E-state index in [1.165, 1.54) is 6.92 Å². The molecule has 0 fully saturated rings. The Balaban J connectivity index is 3.84. The van der Waals surface area contributed by atoms with Gasteiger partial charge < -0.3 is 5.32 Å². The molecule has 0 heterocycles.